The summed E-state index contributed by atoms with van der Waals surface area (Å²) in [4.78, 5) is 26.4. The van der Waals surface area contributed by atoms with Gasteiger partial charge in [0.2, 0.25) is 12.3 Å². The summed E-state index contributed by atoms with van der Waals surface area (Å²) in [5.74, 6) is 1.12. The average molecular weight is 351 g/mol. The van der Waals surface area contributed by atoms with E-state index in [0.29, 0.717) is 23.8 Å². The summed E-state index contributed by atoms with van der Waals surface area (Å²) < 4.78 is 5.24. The van der Waals surface area contributed by atoms with E-state index < -0.39 is 0 Å². The van der Waals surface area contributed by atoms with Gasteiger partial charge < -0.3 is 4.74 Å². The molecule has 136 valence electrons. The average Bonchev–Trinajstić information content (AvgIpc) is 3.37. The number of benzene rings is 1. The largest absolute Gasteiger partial charge is 0.497 e. The Kier molecular flexibility index (Phi) is 4.43. The lowest BCUT2D eigenvalue weighted by atomic mass is 9.83. The van der Waals surface area contributed by atoms with E-state index in [4.69, 9.17) is 4.74 Å². The van der Waals surface area contributed by atoms with Crippen molar-refractivity contribution in [1.82, 2.24) is 0 Å². The molecule has 26 heavy (non-hydrogen) atoms. The fourth-order valence-corrected chi connectivity index (χ4v) is 5.09. The first-order valence-electron chi connectivity index (χ1n) is 9.48. The quantitative estimate of drug-likeness (QED) is 0.605. The van der Waals surface area contributed by atoms with Crippen molar-refractivity contribution < 1.29 is 14.3 Å². The van der Waals surface area contributed by atoms with Gasteiger partial charge >= 0.3 is 0 Å². The van der Waals surface area contributed by atoms with Gasteiger partial charge in [0.05, 0.1) is 18.7 Å². The number of nitrogens with zero attached hydrogens (tertiary/aromatic N) is 1. The lowest BCUT2D eigenvalue weighted by molar-refractivity contribution is -0.126. The van der Waals surface area contributed by atoms with Crippen LogP contribution >= 0.6 is 0 Å². The van der Waals surface area contributed by atoms with Gasteiger partial charge in [0.25, 0.3) is 0 Å². The van der Waals surface area contributed by atoms with Crippen LogP contribution in [0.15, 0.2) is 47.6 Å². The molecule has 0 spiro atoms. The fourth-order valence-electron chi connectivity index (χ4n) is 5.09. The van der Waals surface area contributed by atoms with Gasteiger partial charge in [-0.15, -0.1) is 0 Å². The number of hydrogen-bond acceptors (Lipinski definition) is 3. The van der Waals surface area contributed by atoms with Crippen LogP contribution < -0.4 is 9.64 Å². The number of ether oxygens (including phenoxy) is 1. The highest BCUT2D eigenvalue weighted by molar-refractivity contribution is 6.08. The van der Waals surface area contributed by atoms with Crippen LogP contribution in [-0.2, 0) is 9.59 Å². The van der Waals surface area contributed by atoms with Crippen molar-refractivity contribution in [2.45, 2.75) is 32.6 Å². The lowest BCUT2D eigenvalue weighted by Crippen LogP contribution is -2.39. The zero-order valence-electron chi connectivity index (χ0n) is 15.4. The smallest absolute Gasteiger partial charge is 0.237 e. The molecule has 0 unspecified atom stereocenters. The van der Waals surface area contributed by atoms with E-state index in [2.05, 4.69) is 19.1 Å². The number of carbonyl (C=O) groups excluding carboxylic acids is 2. The second-order valence-electron chi connectivity index (χ2n) is 7.60. The molecule has 2 bridgehead atoms. The van der Waals surface area contributed by atoms with Crippen molar-refractivity contribution in [3.63, 3.8) is 0 Å². The van der Waals surface area contributed by atoms with Crippen LogP contribution in [0.25, 0.3) is 0 Å². The summed E-state index contributed by atoms with van der Waals surface area (Å²) in [6.07, 6.45) is 9.97. The molecule has 4 atom stereocenters. The van der Waals surface area contributed by atoms with Crippen molar-refractivity contribution in [3.05, 3.63) is 47.6 Å². The molecule has 2 fully saturated rings. The Morgan fingerprint density at radius 1 is 1.19 bits per heavy atom. The van der Waals surface area contributed by atoms with Crippen LogP contribution in [0, 0.1) is 23.7 Å². The molecule has 0 heterocycles. The minimum absolute atomic E-state index is 0.103. The molecule has 0 N–H and O–H groups in total. The predicted octanol–water partition coefficient (Wildman–Crippen LogP) is 4.12. The van der Waals surface area contributed by atoms with E-state index in [1.807, 2.05) is 6.07 Å². The first kappa shape index (κ1) is 17.1. The van der Waals surface area contributed by atoms with Crippen LogP contribution in [0.5, 0.6) is 5.75 Å². The normalized spacial score (nSPS) is 29.3. The molecule has 2 amide bonds. The summed E-state index contributed by atoms with van der Waals surface area (Å²) in [7, 11) is 1.58. The highest BCUT2D eigenvalue weighted by Crippen LogP contribution is 2.55. The maximum Gasteiger partial charge on any atom is 0.237 e. The maximum atomic E-state index is 13.3. The molecule has 1 aromatic rings. The van der Waals surface area contributed by atoms with E-state index in [1.54, 1.807) is 30.9 Å². The standard InChI is InChI=1S/C22H25NO3/c1-14-18-10-11-19(21(18)15-6-3-4-7-15)20(14)22(25)23(13-24)16-8-5-9-17(12-16)26-2/h5,8-14,18-20H,3-4,6-7H2,1-2H3/t14-,18-,19+,20-/m1/s1. The van der Waals surface area contributed by atoms with Gasteiger partial charge in [-0.2, -0.15) is 0 Å². The second-order valence-corrected chi connectivity index (χ2v) is 7.60. The summed E-state index contributed by atoms with van der Waals surface area (Å²) in [5, 5.41) is 0. The molecule has 4 nitrogen and oxygen atoms in total. The third-order valence-corrected chi connectivity index (χ3v) is 6.34. The Morgan fingerprint density at radius 3 is 2.62 bits per heavy atom. The van der Waals surface area contributed by atoms with Crippen LogP contribution in [0.4, 0.5) is 5.69 Å². The third kappa shape index (κ3) is 2.59. The van der Waals surface area contributed by atoms with Gasteiger partial charge in [-0.25, -0.2) is 0 Å². The van der Waals surface area contributed by atoms with Crippen molar-refractivity contribution in [1.29, 1.82) is 0 Å². The number of allylic oxidation sites excluding steroid dienone is 4. The van der Waals surface area contributed by atoms with Crippen molar-refractivity contribution in [2.24, 2.45) is 23.7 Å². The second kappa shape index (κ2) is 6.75. The molecule has 0 radical (unpaired) electrons. The first-order valence-corrected chi connectivity index (χ1v) is 9.48. The highest BCUT2D eigenvalue weighted by atomic mass is 16.5. The number of amides is 2. The summed E-state index contributed by atoms with van der Waals surface area (Å²) in [6, 6.07) is 7.12. The molecule has 1 aromatic carbocycles. The number of imide groups is 1. The van der Waals surface area contributed by atoms with Gasteiger partial charge in [0.1, 0.15) is 5.75 Å². The topological polar surface area (TPSA) is 46.6 Å². The molecule has 0 saturated heterocycles. The van der Waals surface area contributed by atoms with Crippen LogP contribution in [0.3, 0.4) is 0 Å². The monoisotopic (exact) mass is 351 g/mol. The maximum absolute atomic E-state index is 13.3. The van der Waals surface area contributed by atoms with Gasteiger partial charge in [-0.3, -0.25) is 14.5 Å². The molecular weight excluding hydrogens is 326 g/mol. The van der Waals surface area contributed by atoms with E-state index in [-0.39, 0.29) is 23.7 Å². The number of methoxy groups -OCH3 is 1. The van der Waals surface area contributed by atoms with Crippen molar-refractivity contribution in [3.8, 4) is 5.75 Å². The fraction of sp³-hybridized carbons (Fsp3) is 0.455. The van der Waals surface area contributed by atoms with Crippen molar-refractivity contribution >= 4 is 18.0 Å². The summed E-state index contributed by atoms with van der Waals surface area (Å²) >= 11 is 0. The molecule has 3 aliphatic carbocycles. The Bertz CT molecular complexity index is 786. The molecule has 4 heteroatoms. The van der Waals surface area contributed by atoms with Gasteiger partial charge in [-0.1, -0.05) is 36.3 Å². The van der Waals surface area contributed by atoms with E-state index in [0.717, 1.165) is 0 Å². The van der Waals surface area contributed by atoms with E-state index >= 15 is 0 Å². The summed E-state index contributed by atoms with van der Waals surface area (Å²) in [5.41, 5.74) is 3.61. The predicted molar refractivity (Wildman–Crippen MR) is 101 cm³/mol. The van der Waals surface area contributed by atoms with Crippen LogP contribution in [0.2, 0.25) is 0 Å². The SMILES string of the molecule is COc1cccc(N(C=O)C(=O)[C@@H]2[C@H](C)[C@H]3C=C[C@@H]2C3=C2CCCC2)c1. The van der Waals surface area contributed by atoms with Crippen molar-refractivity contribution in [2.75, 3.05) is 12.0 Å². The molecule has 4 rings (SSSR count). The Labute approximate surface area is 154 Å². The first-order chi connectivity index (χ1) is 12.7. The minimum Gasteiger partial charge on any atom is -0.497 e. The van der Waals surface area contributed by atoms with Crippen LogP contribution in [-0.4, -0.2) is 19.4 Å². The number of fused-ring (bicyclic) bond motifs is 2. The number of hydrogen-bond donors (Lipinski definition) is 0. The highest BCUT2D eigenvalue weighted by Gasteiger charge is 2.51. The number of rotatable bonds is 4. The summed E-state index contributed by atoms with van der Waals surface area (Å²) in [6.45, 7) is 2.15. The molecule has 2 saturated carbocycles. The van der Waals surface area contributed by atoms with E-state index in [9.17, 15) is 9.59 Å². The van der Waals surface area contributed by atoms with Gasteiger partial charge in [-0.05, 0) is 43.7 Å². The van der Waals surface area contributed by atoms with E-state index in [1.165, 1.54) is 36.2 Å². The van der Waals surface area contributed by atoms with Gasteiger partial charge in [0.15, 0.2) is 0 Å². The molecule has 0 aliphatic heterocycles. The Morgan fingerprint density at radius 2 is 1.92 bits per heavy atom. The Balaban J connectivity index is 1.66. The van der Waals surface area contributed by atoms with Crippen LogP contribution in [0.1, 0.15) is 32.6 Å². The number of anilines is 1. The zero-order chi connectivity index (χ0) is 18.3. The number of carbonyl (C=O) groups is 2. The molecule has 3 aliphatic rings. The van der Waals surface area contributed by atoms with Gasteiger partial charge in [0, 0.05) is 17.9 Å². The molecular formula is C22H25NO3. The zero-order valence-corrected chi connectivity index (χ0v) is 15.4. The Hall–Kier alpha value is -2.36. The lowest BCUT2D eigenvalue weighted by Gasteiger charge is -2.27. The third-order valence-electron chi connectivity index (χ3n) is 6.34. The minimum atomic E-state index is -0.162. The molecule has 0 aromatic heterocycles.